The van der Waals surface area contributed by atoms with Crippen molar-refractivity contribution in [3.63, 3.8) is 0 Å². The van der Waals surface area contributed by atoms with E-state index in [1.54, 1.807) is 0 Å². The molecule has 1 aromatic heterocycles. The Hall–Kier alpha value is -2.21. The average Bonchev–Trinajstić information content (AvgIpc) is 2.69. The number of carbonyl (C=O) groups is 1. The highest BCUT2D eigenvalue weighted by atomic mass is 79.9. The van der Waals surface area contributed by atoms with Gasteiger partial charge in [0.1, 0.15) is 5.03 Å². The van der Waals surface area contributed by atoms with Gasteiger partial charge in [-0.05, 0) is 53.4 Å². The van der Waals surface area contributed by atoms with E-state index in [0.717, 1.165) is 46.9 Å². The number of aromatic nitrogens is 1. The lowest BCUT2D eigenvalue weighted by Crippen LogP contribution is -2.25. The van der Waals surface area contributed by atoms with Gasteiger partial charge >= 0.3 is 0 Å². The van der Waals surface area contributed by atoms with Crippen molar-refractivity contribution in [1.82, 2.24) is 3.97 Å². The van der Waals surface area contributed by atoms with Gasteiger partial charge in [0, 0.05) is 16.6 Å². The number of pyridine rings is 1. The Balaban J connectivity index is 2.55. The lowest BCUT2D eigenvalue weighted by atomic mass is 10.1. The van der Waals surface area contributed by atoms with Crippen LogP contribution in [0, 0.1) is 10.1 Å². The van der Waals surface area contributed by atoms with Crippen LogP contribution in [0.25, 0.3) is 10.9 Å². The summed E-state index contributed by atoms with van der Waals surface area (Å²) in [6.45, 7) is 1.16. The van der Waals surface area contributed by atoms with Crippen LogP contribution >= 0.6 is 39.3 Å². The summed E-state index contributed by atoms with van der Waals surface area (Å²) in [6, 6.07) is 7.21. The second kappa shape index (κ2) is 8.14. The Morgan fingerprint density at radius 3 is 2.30 bits per heavy atom. The Kier molecular flexibility index (Phi) is 6.10. The fourth-order valence-electron chi connectivity index (χ4n) is 2.95. The zero-order valence-electron chi connectivity index (χ0n) is 15.4. The second-order valence-electron chi connectivity index (χ2n) is 6.04. The van der Waals surface area contributed by atoms with Crippen LogP contribution in [0.2, 0.25) is 5.02 Å². The van der Waals surface area contributed by atoms with Crippen LogP contribution in [-0.4, -0.2) is 29.4 Å². The number of Topliss-reactive ketones (excluding diaryl/α,β-unsaturated/α-hetero) is 1. The molecule has 0 N–H and O–H groups in total. The van der Waals surface area contributed by atoms with Gasteiger partial charge in [-0.1, -0.05) is 11.6 Å². The molecular weight excluding hydrogens is 520 g/mol. The number of carbonyl (C=O) groups excluding carboxylic acids is 1. The van der Waals surface area contributed by atoms with E-state index >= 15 is 0 Å². The van der Waals surface area contributed by atoms with E-state index < -0.39 is 26.2 Å². The Morgan fingerprint density at radius 1 is 1.20 bits per heavy atom. The minimum Gasteiger partial charge on any atom is -0.294 e. The van der Waals surface area contributed by atoms with Crippen LogP contribution in [0.15, 0.2) is 55.6 Å². The molecule has 3 rings (SSSR count). The summed E-state index contributed by atoms with van der Waals surface area (Å²) in [6.07, 6.45) is 1.54. The van der Waals surface area contributed by atoms with Crippen LogP contribution in [0.1, 0.15) is 17.3 Å². The van der Waals surface area contributed by atoms with Crippen LogP contribution in [0.5, 0.6) is 0 Å². The predicted molar refractivity (Wildman–Crippen MR) is 118 cm³/mol. The standard InChI is InChI=1S/C18H12BrClN2O6S2/c1-9(23)14-17(24)15-13(20)8-7-12(19)16(15)21(18(14)29-2)30(27,28)11-5-3-10(4-6-11)22(25)26/h3-8H,1-2H3. The van der Waals surface area contributed by atoms with Gasteiger partial charge in [0.05, 0.1) is 31.3 Å². The normalized spacial score (nSPS) is 11.6. The first-order valence-corrected chi connectivity index (χ1v) is 12.0. The monoisotopic (exact) mass is 530 g/mol. The first-order chi connectivity index (χ1) is 14.0. The molecule has 0 unspecified atom stereocenters. The van der Waals surface area contributed by atoms with Gasteiger partial charge in [0.25, 0.3) is 15.7 Å². The van der Waals surface area contributed by atoms with Crippen molar-refractivity contribution in [2.24, 2.45) is 0 Å². The number of hydrogen-bond donors (Lipinski definition) is 0. The molecule has 3 aromatic rings. The summed E-state index contributed by atoms with van der Waals surface area (Å²) in [5.41, 5.74) is -1.29. The molecule has 2 aromatic carbocycles. The van der Waals surface area contributed by atoms with Gasteiger partial charge in [-0.2, -0.15) is 0 Å². The van der Waals surface area contributed by atoms with Gasteiger partial charge in [0.15, 0.2) is 5.78 Å². The highest BCUT2D eigenvalue weighted by Crippen LogP contribution is 2.35. The number of nitro benzene ring substituents is 1. The number of rotatable bonds is 5. The molecule has 12 heteroatoms. The van der Waals surface area contributed by atoms with E-state index in [1.165, 1.54) is 18.4 Å². The number of hydrogen-bond acceptors (Lipinski definition) is 7. The lowest BCUT2D eigenvalue weighted by Gasteiger charge is -2.19. The van der Waals surface area contributed by atoms with E-state index in [-0.39, 0.29) is 41.6 Å². The number of ketones is 1. The van der Waals surface area contributed by atoms with Crippen molar-refractivity contribution in [3.8, 4) is 0 Å². The van der Waals surface area contributed by atoms with E-state index in [1.807, 2.05) is 0 Å². The fourth-order valence-corrected chi connectivity index (χ4v) is 6.46. The summed E-state index contributed by atoms with van der Waals surface area (Å²) in [7, 11) is -4.37. The fraction of sp³-hybridized carbons (Fsp3) is 0.111. The summed E-state index contributed by atoms with van der Waals surface area (Å²) >= 11 is 10.4. The van der Waals surface area contributed by atoms with Crippen molar-refractivity contribution in [2.75, 3.05) is 6.26 Å². The topological polar surface area (TPSA) is 116 Å². The van der Waals surface area contributed by atoms with Crippen LogP contribution in [0.4, 0.5) is 5.69 Å². The third-order valence-corrected chi connectivity index (χ3v) is 7.82. The van der Waals surface area contributed by atoms with E-state index in [9.17, 15) is 28.1 Å². The summed E-state index contributed by atoms with van der Waals surface area (Å²) in [5, 5.41) is 10.7. The van der Waals surface area contributed by atoms with Crippen molar-refractivity contribution in [1.29, 1.82) is 0 Å². The zero-order chi connectivity index (χ0) is 22.4. The van der Waals surface area contributed by atoms with Crippen LogP contribution in [-0.2, 0) is 10.0 Å². The van der Waals surface area contributed by atoms with Crippen molar-refractivity contribution in [2.45, 2.75) is 16.8 Å². The van der Waals surface area contributed by atoms with E-state index in [4.69, 9.17) is 11.6 Å². The van der Waals surface area contributed by atoms with Gasteiger partial charge in [-0.3, -0.25) is 19.7 Å². The van der Waals surface area contributed by atoms with Crippen LogP contribution < -0.4 is 5.43 Å². The van der Waals surface area contributed by atoms with Crippen LogP contribution in [0.3, 0.4) is 0 Å². The zero-order valence-corrected chi connectivity index (χ0v) is 19.4. The minimum atomic E-state index is -4.37. The van der Waals surface area contributed by atoms with Gasteiger partial charge in [0.2, 0.25) is 5.43 Å². The van der Waals surface area contributed by atoms with Crippen molar-refractivity contribution < 1.29 is 18.1 Å². The van der Waals surface area contributed by atoms with Gasteiger partial charge in [-0.15, -0.1) is 11.8 Å². The maximum Gasteiger partial charge on any atom is 0.269 e. The van der Waals surface area contributed by atoms with Gasteiger partial charge in [-0.25, -0.2) is 12.4 Å². The third kappa shape index (κ3) is 3.55. The molecule has 0 saturated carbocycles. The Morgan fingerprint density at radius 2 is 1.80 bits per heavy atom. The van der Waals surface area contributed by atoms with E-state index in [2.05, 4.69) is 15.9 Å². The number of thioether (sulfide) groups is 1. The maximum atomic E-state index is 13.6. The molecule has 0 amide bonds. The molecular formula is C18H12BrClN2O6S2. The molecule has 0 atom stereocenters. The summed E-state index contributed by atoms with van der Waals surface area (Å²) in [5.74, 6) is -0.616. The largest absolute Gasteiger partial charge is 0.294 e. The number of nitro groups is 1. The SMILES string of the molecule is CSc1c(C(C)=O)c(=O)c2c(Cl)ccc(Br)c2n1S(=O)(=O)c1ccc([N+](=O)[O-])cc1. The number of nitrogens with zero attached hydrogens (tertiary/aromatic N) is 2. The number of halogens is 2. The second-order valence-corrected chi connectivity index (χ2v) is 9.89. The van der Waals surface area contributed by atoms with E-state index in [0.29, 0.717) is 0 Å². The average molecular weight is 532 g/mol. The Bertz CT molecular complexity index is 1380. The smallest absolute Gasteiger partial charge is 0.269 e. The lowest BCUT2D eigenvalue weighted by molar-refractivity contribution is -0.384. The molecule has 0 aliphatic carbocycles. The van der Waals surface area contributed by atoms with Gasteiger partial charge < -0.3 is 0 Å². The summed E-state index contributed by atoms with van der Waals surface area (Å²) in [4.78, 5) is 35.3. The highest BCUT2D eigenvalue weighted by molar-refractivity contribution is 9.10. The molecule has 30 heavy (non-hydrogen) atoms. The number of non-ortho nitro benzene ring substituents is 1. The quantitative estimate of drug-likeness (QED) is 0.206. The number of benzene rings is 2. The molecule has 0 spiro atoms. The maximum absolute atomic E-state index is 13.6. The minimum absolute atomic E-state index is 0.0130. The first-order valence-electron chi connectivity index (χ1n) is 8.14. The first kappa shape index (κ1) is 22.5. The molecule has 0 fully saturated rings. The molecule has 0 aliphatic rings. The number of fused-ring (bicyclic) bond motifs is 1. The Labute approximate surface area is 188 Å². The molecule has 0 saturated heterocycles. The highest BCUT2D eigenvalue weighted by Gasteiger charge is 2.30. The molecule has 156 valence electrons. The molecule has 0 aliphatic heterocycles. The molecule has 0 radical (unpaired) electrons. The third-order valence-electron chi connectivity index (χ3n) is 4.26. The molecule has 8 nitrogen and oxygen atoms in total. The molecule has 1 heterocycles. The van der Waals surface area contributed by atoms with Crippen molar-refractivity contribution in [3.05, 3.63) is 71.8 Å². The predicted octanol–water partition coefficient (Wildman–Crippen LogP) is 4.49. The molecule has 0 bridgehead atoms. The van der Waals surface area contributed by atoms with Crippen molar-refractivity contribution >= 4 is 71.7 Å². The summed E-state index contributed by atoms with van der Waals surface area (Å²) < 4.78 is 28.3.